The molecule has 0 aliphatic rings. The Morgan fingerprint density at radius 3 is 1.81 bits per heavy atom. The molecule has 0 amide bonds. The molecule has 0 aliphatic heterocycles. The van der Waals surface area contributed by atoms with E-state index in [1.807, 2.05) is 139 Å². The van der Waals surface area contributed by atoms with Crippen LogP contribution in [0.5, 0.6) is 17.2 Å². The van der Waals surface area contributed by atoms with Crippen molar-refractivity contribution in [2.45, 2.75) is 6.92 Å². The van der Waals surface area contributed by atoms with Gasteiger partial charge in [0.25, 0.3) is 5.69 Å². The zero-order valence-corrected chi connectivity index (χ0v) is 20.4. The third kappa shape index (κ3) is 7.48. The van der Waals surface area contributed by atoms with Crippen molar-refractivity contribution in [1.82, 2.24) is 0 Å². The molecule has 1 aromatic heterocycles. The minimum atomic E-state index is -0.978. The van der Waals surface area contributed by atoms with Crippen molar-refractivity contribution in [2.75, 3.05) is 0 Å². The third-order valence-electron chi connectivity index (χ3n) is 5.19. The molecule has 5 aromatic rings. The molecular formula is C31H25BN2O3. The summed E-state index contributed by atoms with van der Waals surface area (Å²) in [4.78, 5) is 0. The summed E-state index contributed by atoms with van der Waals surface area (Å²) in [6, 6.07) is 44.7. The van der Waals surface area contributed by atoms with Crippen molar-refractivity contribution < 1.29 is 18.5 Å². The molecule has 0 atom stereocenters. The van der Waals surface area contributed by atoms with Crippen LogP contribution in [-0.4, -0.2) is 7.32 Å². The van der Waals surface area contributed by atoms with Crippen LogP contribution in [-0.2, 0) is 0 Å². The molecule has 0 aliphatic carbocycles. The van der Waals surface area contributed by atoms with Crippen LogP contribution < -0.4 is 18.5 Å². The molecule has 1 heterocycles. The molecule has 4 aromatic carbocycles. The van der Waals surface area contributed by atoms with Gasteiger partial charge in [-0.2, -0.15) is 46.2 Å². The molecule has 0 fully saturated rings. The lowest BCUT2D eigenvalue weighted by Gasteiger charge is -2.17. The number of hydrogen-bond donors (Lipinski definition) is 0. The first kappa shape index (κ1) is 25.1. The van der Waals surface area contributed by atoms with Gasteiger partial charge in [-0.05, 0) is 48.9 Å². The summed E-state index contributed by atoms with van der Waals surface area (Å²) < 4.78 is 19.8. The minimum absolute atomic E-state index is 0.549. The Bertz CT molecular complexity index is 1360. The van der Waals surface area contributed by atoms with E-state index in [1.165, 1.54) is 0 Å². The lowest BCUT2D eigenvalue weighted by molar-refractivity contribution is -0.598. The van der Waals surface area contributed by atoms with Gasteiger partial charge in [-0.25, -0.2) is 0 Å². The number of rotatable bonds is 7. The van der Waals surface area contributed by atoms with Crippen molar-refractivity contribution in [3.8, 4) is 29.0 Å². The van der Waals surface area contributed by atoms with Crippen LogP contribution in [0.3, 0.4) is 0 Å². The largest absolute Gasteiger partial charge is 0.864 e. The molecule has 0 N–H and O–H groups in total. The quantitative estimate of drug-likeness (QED) is 0.158. The average Bonchev–Trinajstić information content (AvgIpc) is 2.96. The standard InChI is InChI=1S/C25H20BN2O3.C6H5/c1-20-18-21(28-17-9-8-10-22(28)19-27)15-16-25(20)31-26(29-23-11-4-2-5-12-23)30-24-13-6-3-7-14-24;1-2-4-6-5-3-1/h2-18H,1H3;1-5H/q+1;-1. The number of nitrogens with zero attached hydrogens (tertiary/aromatic N) is 2. The van der Waals surface area contributed by atoms with Crippen molar-refractivity contribution in [3.05, 3.63) is 151 Å². The van der Waals surface area contributed by atoms with Crippen LogP contribution >= 0.6 is 0 Å². The third-order valence-corrected chi connectivity index (χ3v) is 5.19. The average molecular weight is 484 g/mol. The van der Waals surface area contributed by atoms with Gasteiger partial charge in [-0.1, -0.05) is 36.4 Å². The van der Waals surface area contributed by atoms with Crippen LogP contribution in [0.2, 0.25) is 0 Å². The van der Waals surface area contributed by atoms with Gasteiger partial charge in [0.05, 0.1) is 0 Å². The van der Waals surface area contributed by atoms with Gasteiger partial charge >= 0.3 is 7.32 Å². The van der Waals surface area contributed by atoms with E-state index in [2.05, 4.69) is 12.1 Å². The second-order valence-electron chi connectivity index (χ2n) is 7.86. The Balaban J connectivity index is 0.000000469. The molecule has 0 unspecified atom stereocenters. The van der Waals surface area contributed by atoms with Gasteiger partial charge in [0.2, 0.25) is 5.69 Å². The normalized spacial score (nSPS) is 9.73. The van der Waals surface area contributed by atoms with Gasteiger partial charge in [-0.15, -0.1) is 0 Å². The predicted molar refractivity (Wildman–Crippen MR) is 143 cm³/mol. The van der Waals surface area contributed by atoms with E-state index < -0.39 is 7.32 Å². The fourth-order valence-electron chi connectivity index (χ4n) is 3.41. The summed E-state index contributed by atoms with van der Waals surface area (Å²) in [5.74, 6) is 1.89. The minimum Gasteiger partial charge on any atom is -0.490 e. The first-order valence-electron chi connectivity index (χ1n) is 11.8. The first-order chi connectivity index (χ1) is 18.2. The van der Waals surface area contributed by atoms with Crippen LogP contribution in [0.25, 0.3) is 5.69 Å². The summed E-state index contributed by atoms with van der Waals surface area (Å²) >= 11 is 0. The molecule has 0 saturated heterocycles. The fourth-order valence-corrected chi connectivity index (χ4v) is 3.41. The number of para-hydroxylation sites is 2. The molecule has 0 radical (unpaired) electrons. The maximum absolute atomic E-state index is 9.37. The molecule has 37 heavy (non-hydrogen) atoms. The SMILES string of the molecule is Cc1cc(-[n+]2ccccc2C#N)ccc1OB(Oc1ccccc1)Oc1ccccc1.[c-]1ccccc1. The number of pyridine rings is 1. The van der Waals surface area contributed by atoms with Crippen molar-refractivity contribution in [2.24, 2.45) is 0 Å². The molecular weight excluding hydrogens is 459 g/mol. The summed E-state index contributed by atoms with van der Waals surface area (Å²) in [7, 11) is -0.978. The van der Waals surface area contributed by atoms with Crippen molar-refractivity contribution >= 4 is 7.32 Å². The van der Waals surface area contributed by atoms with E-state index in [0.29, 0.717) is 22.9 Å². The second kappa shape index (κ2) is 13.2. The molecule has 0 spiro atoms. The highest BCUT2D eigenvalue weighted by molar-refractivity contribution is 6.39. The van der Waals surface area contributed by atoms with Crippen LogP contribution in [0.1, 0.15) is 11.3 Å². The van der Waals surface area contributed by atoms with E-state index in [9.17, 15) is 5.26 Å². The highest BCUT2D eigenvalue weighted by Crippen LogP contribution is 2.22. The Morgan fingerprint density at radius 2 is 1.30 bits per heavy atom. The summed E-state index contributed by atoms with van der Waals surface area (Å²) in [6.07, 6.45) is 1.85. The maximum Gasteiger partial charge on any atom is 0.864 e. The van der Waals surface area contributed by atoms with Gasteiger partial charge < -0.3 is 14.0 Å². The van der Waals surface area contributed by atoms with Gasteiger partial charge in [0, 0.05) is 24.3 Å². The lowest BCUT2D eigenvalue weighted by atomic mass is 10.1. The van der Waals surface area contributed by atoms with Crippen LogP contribution in [0, 0.1) is 24.3 Å². The predicted octanol–water partition coefficient (Wildman–Crippen LogP) is 6.15. The Labute approximate surface area is 217 Å². The Hall–Kier alpha value is -5.02. The van der Waals surface area contributed by atoms with Crippen molar-refractivity contribution in [3.63, 3.8) is 0 Å². The number of aryl methyl sites for hydroxylation is 1. The maximum atomic E-state index is 9.37. The van der Waals surface area contributed by atoms with E-state index >= 15 is 0 Å². The van der Waals surface area contributed by atoms with E-state index in [-0.39, 0.29) is 0 Å². The highest BCUT2D eigenvalue weighted by atomic mass is 16.7. The lowest BCUT2D eigenvalue weighted by Crippen LogP contribution is -2.37. The molecule has 180 valence electrons. The molecule has 0 bridgehead atoms. The van der Waals surface area contributed by atoms with E-state index in [4.69, 9.17) is 14.0 Å². The summed E-state index contributed by atoms with van der Waals surface area (Å²) in [6.45, 7) is 1.94. The molecule has 5 rings (SSSR count). The van der Waals surface area contributed by atoms with E-state index in [0.717, 1.165) is 11.3 Å². The number of benzene rings is 4. The van der Waals surface area contributed by atoms with Crippen LogP contribution in [0.4, 0.5) is 0 Å². The first-order valence-corrected chi connectivity index (χ1v) is 11.8. The Kier molecular flexibility index (Phi) is 8.93. The van der Waals surface area contributed by atoms with Crippen LogP contribution in [0.15, 0.2) is 134 Å². The molecule has 0 saturated carbocycles. The zero-order chi connectivity index (χ0) is 25.7. The monoisotopic (exact) mass is 484 g/mol. The fraction of sp³-hybridized carbons (Fsp3) is 0.0323. The highest BCUT2D eigenvalue weighted by Gasteiger charge is 2.31. The topological polar surface area (TPSA) is 55.4 Å². The number of aromatic nitrogens is 1. The number of nitriles is 1. The van der Waals surface area contributed by atoms with Gasteiger partial charge in [0.15, 0.2) is 12.3 Å². The summed E-state index contributed by atoms with van der Waals surface area (Å²) in [5, 5.41) is 9.37. The van der Waals surface area contributed by atoms with Gasteiger partial charge in [0.1, 0.15) is 17.2 Å². The Morgan fingerprint density at radius 1 is 0.703 bits per heavy atom. The number of hydrogen-bond acceptors (Lipinski definition) is 4. The zero-order valence-electron chi connectivity index (χ0n) is 20.4. The summed E-state index contributed by atoms with van der Waals surface area (Å²) in [5.41, 5.74) is 2.30. The molecule has 5 nitrogen and oxygen atoms in total. The van der Waals surface area contributed by atoms with Crippen molar-refractivity contribution in [1.29, 1.82) is 5.26 Å². The van der Waals surface area contributed by atoms with Gasteiger partial charge in [-0.3, -0.25) is 0 Å². The van der Waals surface area contributed by atoms with E-state index in [1.54, 1.807) is 6.07 Å². The molecule has 6 heteroatoms. The second-order valence-corrected chi connectivity index (χ2v) is 7.86. The smallest absolute Gasteiger partial charge is 0.490 e.